The number of hydrogen-bond donors (Lipinski definition) is 1. The SMILES string of the molecule is C[C@@H](N)CCc1cccc(OCc2ccccc2)c1. The van der Waals surface area contributed by atoms with Gasteiger partial charge in [0.2, 0.25) is 0 Å². The first-order valence-corrected chi connectivity index (χ1v) is 6.75. The first-order valence-electron chi connectivity index (χ1n) is 6.75. The van der Waals surface area contributed by atoms with E-state index in [2.05, 4.69) is 24.3 Å². The lowest BCUT2D eigenvalue weighted by atomic mass is 10.1. The van der Waals surface area contributed by atoms with Crippen LogP contribution in [0.4, 0.5) is 0 Å². The van der Waals surface area contributed by atoms with Crippen LogP contribution in [-0.2, 0) is 13.0 Å². The normalized spacial score (nSPS) is 12.1. The fraction of sp³-hybridized carbons (Fsp3) is 0.294. The van der Waals surface area contributed by atoms with E-state index in [1.807, 2.05) is 37.3 Å². The Bertz CT molecular complexity index is 494. The van der Waals surface area contributed by atoms with Crippen LogP contribution in [-0.4, -0.2) is 6.04 Å². The molecule has 0 bridgehead atoms. The van der Waals surface area contributed by atoms with Gasteiger partial charge in [-0.3, -0.25) is 0 Å². The molecule has 100 valence electrons. The van der Waals surface area contributed by atoms with Crippen LogP contribution in [0.1, 0.15) is 24.5 Å². The van der Waals surface area contributed by atoms with E-state index in [0.29, 0.717) is 6.61 Å². The first-order chi connectivity index (χ1) is 9.24. The van der Waals surface area contributed by atoms with Gasteiger partial charge >= 0.3 is 0 Å². The summed E-state index contributed by atoms with van der Waals surface area (Å²) >= 11 is 0. The fourth-order valence-corrected chi connectivity index (χ4v) is 1.93. The van der Waals surface area contributed by atoms with E-state index in [1.54, 1.807) is 0 Å². The largest absolute Gasteiger partial charge is 0.489 e. The van der Waals surface area contributed by atoms with E-state index in [0.717, 1.165) is 18.6 Å². The molecule has 0 saturated heterocycles. The Morgan fingerprint density at radius 1 is 1.00 bits per heavy atom. The van der Waals surface area contributed by atoms with Crippen molar-refractivity contribution in [3.63, 3.8) is 0 Å². The third-order valence-electron chi connectivity index (χ3n) is 3.04. The van der Waals surface area contributed by atoms with Crippen molar-refractivity contribution in [2.45, 2.75) is 32.4 Å². The van der Waals surface area contributed by atoms with Crippen molar-refractivity contribution in [1.29, 1.82) is 0 Å². The fourth-order valence-electron chi connectivity index (χ4n) is 1.93. The zero-order valence-corrected chi connectivity index (χ0v) is 11.4. The van der Waals surface area contributed by atoms with Gasteiger partial charge in [0.05, 0.1) is 0 Å². The first kappa shape index (κ1) is 13.6. The zero-order valence-electron chi connectivity index (χ0n) is 11.4. The van der Waals surface area contributed by atoms with E-state index in [1.165, 1.54) is 11.1 Å². The standard InChI is InChI=1S/C17H21NO/c1-14(18)10-11-15-8-5-9-17(12-15)19-13-16-6-3-2-4-7-16/h2-9,12,14H,10-11,13,18H2,1H3/t14-/m1/s1. The minimum absolute atomic E-state index is 0.244. The molecule has 2 aromatic rings. The zero-order chi connectivity index (χ0) is 13.5. The van der Waals surface area contributed by atoms with E-state index in [9.17, 15) is 0 Å². The van der Waals surface area contributed by atoms with Crippen molar-refractivity contribution in [3.05, 3.63) is 65.7 Å². The van der Waals surface area contributed by atoms with Crippen LogP contribution < -0.4 is 10.5 Å². The topological polar surface area (TPSA) is 35.2 Å². The molecule has 0 aliphatic rings. The third-order valence-corrected chi connectivity index (χ3v) is 3.04. The molecular weight excluding hydrogens is 234 g/mol. The maximum Gasteiger partial charge on any atom is 0.120 e. The Kier molecular flexibility index (Phi) is 4.99. The minimum atomic E-state index is 0.244. The van der Waals surface area contributed by atoms with Gasteiger partial charge in [0.15, 0.2) is 0 Å². The lowest BCUT2D eigenvalue weighted by Crippen LogP contribution is -2.15. The molecule has 0 spiro atoms. The van der Waals surface area contributed by atoms with Crippen molar-refractivity contribution in [2.24, 2.45) is 5.73 Å². The summed E-state index contributed by atoms with van der Waals surface area (Å²) in [5.41, 5.74) is 8.25. The van der Waals surface area contributed by atoms with E-state index in [4.69, 9.17) is 10.5 Å². The summed E-state index contributed by atoms with van der Waals surface area (Å²) < 4.78 is 5.81. The highest BCUT2D eigenvalue weighted by molar-refractivity contribution is 5.29. The molecule has 0 aromatic heterocycles. The molecule has 2 heteroatoms. The van der Waals surface area contributed by atoms with Gasteiger partial charge in [-0.1, -0.05) is 42.5 Å². The second-order valence-electron chi connectivity index (χ2n) is 4.94. The van der Waals surface area contributed by atoms with Crippen LogP contribution in [0.25, 0.3) is 0 Å². The summed E-state index contributed by atoms with van der Waals surface area (Å²) in [5.74, 6) is 0.922. The smallest absolute Gasteiger partial charge is 0.120 e. The van der Waals surface area contributed by atoms with Gasteiger partial charge in [0.1, 0.15) is 12.4 Å². The molecule has 0 unspecified atom stereocenters. The van der Waals surface area contributed by atoms with Gasteiger partial charge in [-0.25, -0.2) is 0 Å². The third kappa shape index (κ3) is 4.76. The predicted octanol–water partition coefficient (Wildman–Crippen LogP) is 3.55. The van der Waals surface area contributed by atoms with E-state index >= 15 is 0 Å². The van der Waals surface area contributed by atoms with Gasteiger partial charge in [-0.15, -0.1) is 0 Å². The Labute approximate surface area is 115 Å². The molecule has 0 aliphatic heterocycles. The van der Waals surface area contributed by atoms with Gasteiger partial charge in [-0.2, -0.15) is 0 Å². The molecule has 2 nitrogen and oxygen atoms in total. The molecule has 0 amide bonds. The second kappa shape index (κ2) is 6.95. The quantitative estimate of drug-likeness (QED) is 0.856. The van der Waals surface area contributed by atoms with Crippen LogP contribution in [0.15, 0.2) is 54.6 Å². The number of nitrogens with two attached hydrogens (primary N) is 1. The maximum absolute atomic E-state index is 5.81. The Hall–Kier alpha value is -1.80. The molecule has 0 radical (unpaired) electrons. The van der Waals surface area contributed by atoms with E-state index < -0.39 is 0 Å². The monoisotopic (exact) mass is 255 g/mol. The molecule has 0 heterocycles. The van der Waals surface area contributed by atoms with Crippen LogP contribution in [0.3, 0.4) is 0 Å². The summed E-state index contributed by atoms with van der Waals surface area (Å²) in [7, 11) is 0. The van der Waals surface area contributed by atoms with Crippen molar-refractivity contribution < 1.29 is 4.74 Å². The summed E-state index contributed by atoms with van der Waals surface area (Å²) in [6.07, 6.45) is 2.00. The van der Waals surface area contributed by atoms with Gasteiger partial charge < -0.3 is 10.5 Å². The highest BCUT2D eigenvalue weighted by Gasteiger charge is 2.00. The molecule has 2 N–H and O–H groups in total. The number of ether oxygens (including phenoxy) is 1. The Balaban J connectivity index is 1.91. The van der Waals surface area contributed by atoms with Crippen LogP contribution in [0.5, 0.6) is 5.75 Å². The van der Waals surface area contributed by atoms with Crippen LogP contribution in [0, 0.1) is 0 Å². The molecule has 0 saturated carbocycles. The molecular formula is C17H21NO. The summed E-state index contributed by atoms with van der Waals surface area (Å²) in [4.78, 5) is 0. The summed E-state index contributed by atoms with van der Waals surface area (Å²) in [5, 5.41) is 0. The average molecular weight is 255 g/mol. The number of hydrogen-bond acceptors (Lipinski definition) is 2. The molecule has 0 aliphatic carbocycles. The lowest BCUT2D eigenvalue weighted by molar-refractivity contribution is 0.306. The van der Waals surface area contributed by atoms with Crippen LogP contribution in [0.2, 0.25) is 0 Å². The number of aryl methyl sites for hydroxylation is 1. The lowest BCUT2D eigenvalue weighted by Gasteiger charge is -2.09. The number of rotatable bonds is 6. The highest BCUT2D eigenvalue weighted by Crippen LogP contribution is 2.16. The minimum Gasteiger partial charge on any atom is -0.489 e. The average Bonchev–Trinajstić information content (AvgIpc) is 2.44. The molecule has 1 atom stereocenters. The summed E-state index contributed by atoms with van der Waals surface area (Å²) in [6.45, 7) is 2.65. The van der Waals surface area contributed by atoms with Crippen LogP contribution >= 0.6 is 0 Å². The summed E-state index contributed by atoms with van der Waals surface area (Å²) in [6, 6.07) is 18.7. The Morgan fingerprint density at radius 2 is 1.74 bits per heavy atom. The van der Waals surface area contributed by atoms with Crippen molar-refractivity contribution in [2.75, 3.05) is 0 Å². The molecule has 2 aromatic carbocycles. The van der Waals surface area contributed by atoms with Gasteiger partial charge in [0, 0.05) is 6.04 Å². The van der Waals surface area contributed by atoms with Gasteiger partial charge in [0.25, 0.3) is 0 Å². The van der Waals surface area contributed by atoms with Crippen molar-refractivity contribution in [3.8, 4) is 5.75 Å². The van der Waals surface area contributed by atoms with Crippen molar-refractivity contribution in [1.82, 2.24) is 0 Å². The van der Waals surface area contributed by atoms with E-state index in [-0.39, 0.29) is 6.04 Å². The predicted molar refractivity (Wildman–Crippen MR) is 79.2 cm³/mol. The highest BCUT2D eigenvalue weighted by atomic mass is 16.5. The van der Waals surface area contributed by atoms with Gasteiger partial charge in [-0.05, 0) is 43.0 Å². The maximum atomic E-state index is 5.81. The molecule has 0 fully saturated rings. The number of benzene rings is 2. The van der Waals surface area contributed by atoms with Crippen molar-refractivity contribution >= 4 is 0 Å². The molecule has 19 heavy (non-hydrogen) atoms. The molecule has 2 rings (SSSR count). The second-order valence-corrected chi connectivity index (χ2v) is 4.94. The Morgan fingerprint density at radius 3 is 2.47 bits per heavy atom.